The standard InChI is InChI=1S/C8H16O2Si/c1-6-8(10-7(2)9)11(3,4)5/h6,8H,1H2,2-5H3/t8-/m0/s1. The Hall–Kier alpha value is -0.573. The van der Waals surface area contributed by atoms with Gasteiger partial charge in [-0.05, 0) is 0 Å². The van der Waals surface area contributed by atoms with Gasteiger partial charge in [-0.2, -0.15) is 0 Å². The Morgan fingerprint density at radius 3 is 2.09 bits per heavy atom. The summed E-state index contributed by atoms with van der Waals surface area (Å²) in [6.07, 6.45) is 1.72. The first-order valence-corrected chi connectivity index (χ1v) is 7.25. The summed E-state index contributed by atoms with van der Waals surface area (Å²) in [6.45, 7) is 11.5. The molecule has 3 heteroatoms. The normalized spacial score (nSPS) is 13.8. The molecule has 0 saturated carbocycles. The Kier molecular flexibility index (Phi) is 3.52. The predicted molar refractivity (Wildman–Crippen MR) is 49.1 cm³/mol. The van der Waals surface area contributed by atoms with E-state index in [1.165, 1.54) is 6.92 Å². The van der Waals surface area contributed by atoms with Crippen molar-refractivity contribution in [3.63, 3.8) is 0 Å². The third-order valence-corrected chi connectivity index (χ3v) is 3.42. The molecule has 0 aliphatic carbocycles. The molecule has 11 heavy (non-hydrogen) atoms. The van der Waals surface area contributed by atoms with Crippen LogP contribution in [-0.4, -0.2) is 19.8 Å². The van der Waals surface area contributed by atoms with Crippen LogP contribution in [0.25, 0.3) is 0 Å². The van der Waals surface area contributed by atoms with Gasteiger partial charge in [0.05, 0.1) is 8.07 Å². The van der Waals surface area contributed by atoms with E-state index < -0.39 is 8.07 Å². The second-order valence-electron chi connectivity index (χ2n) is 3.63. The molecule has 0 aliphatic rings. The van der Waals surface area contributed by atoms with Crippen LogP contribution in [0.3, 0.4) is 0 Å². The molecule has 0 N–H and O–H groups in total. The van der Waals surface area contributed by atoms with Crippen LogP contribution < -0.4 is 0 Å². The average molecular weight is 172 g/mol. The molecule has 0 aromatic heterocycles. The number of hydrogen-bond acceptors (Lipinski definition) is 2. The maximum Gasteiger partial charge on any atom is 0.302 e. The molecule has 0 saturated heterocycles. The highest BCUT2D eigenvalue weighted by Gasteiger charge is 2.26. The van der Waals surface area contributed by atoms with Gasteiger partial charge in [0.15, 0.2) is 0 Å². The van der Waals surface area contributed by atoms with Gasteiger partial charge in [-0.15, -0.1) is 0 Å². The van der Waals surface area contributed by atoms with Crippen LogP contribution in [0.1, 0.15) is 6.92 Å². The van der Waals surface area contributed by atoms with E-state index in [1.807, 2.05) is 0 Å². The molecule has 0 bridgehead atoms. The van der Waals surface area contributed by atoms with Crippen LogP contribution in [0.4, 0.5) is 0 Å². The highest BCUT2D eigenvalue weighted by atomic mass is 28.3. The van der Waals surface area contributed by atoms with Gasteiger partial charge >= 0.3 is 5.97 Å². The summed E-state index contributed by atoms with van der Waals surface area (Å²) in [5.74, 6) is -0.225. The molecule has 0 radical (unpaired) electrons. The Bertz CT molecular complexity index is 158. The minimum absolute atomic E-state index is 0.0556. The number of rotatable bonds is 3. The summed E-state index contributed by atoms with van der Waals surface area (Å²) in [6, 6.07) is 0. The Morgan fingerprint density at radius 2 is 2.00 bits per heavy atom. The van der Waals surface area contributed by atoms with Crippen molar-refractivity contribution in [2.24, 2.45) is 0 Å². The van der Waals surface area contributed by atoms with E-state index in [0.717, 1.165) is 0 Å². The molecule has 0 rings (SSSR count). The summed E-state index contributed by atoms with van der Waals surface area (Å²) in [4.78, 5) is 10.6. The lowest BCUT2D eigenvalue weighted by atomic mass is 10.7. The molecule has 0 heterocycles. The number of hydrogen-bond donors (Lipinski definition) is 0. The highest BCUT2D eigenvalue weighted by molar-refractivity contribution is 6.77. The Morgan fingerprint density at radius 1 is 1.55 bits per heavy atom. The average Bonchev–Trinajstić information content (AvgIpc) is 1.79. The largest absolute Gasteiger partial charge is 0.462 e. The molecular formula is C8H16O2Si. The van der Waals surface area contributed by atoms with Crippen molar-refractivity contribution in [3.05, 3.63) is 12.7 Å². The molecule has 0 aromatic rings. The molecule has 64 valence electrons. The van der Waals surface area contributed by atoms with Crippen molar-refractivity contribution < 1.29 is 9.53 Å². The van der Waals surface area contributed by atoms with Gasteiger partial charge in [-0.3, -0.25) is 4.79 Å². The van der Waals surface area contributed by atoms with E-state index in [-0.39, 0.29) is 11.7 Å². The molecule has 0 fully saturated rings. The molecule has 2 nitrogen and oxygen atoms in total. The van der Waals surface area contributed by atoms with Crippen LogP contribution in [0.2, 0.25) is 19.6 Å². The van der Waals surface area contributed by atoms with Crippen molar-refractivity contribution in [2.45, 2.75) is 32.3 Å². The number of carbonyl (C=O) groups excluding carboxylic acids is 1. The zero-order valence-electron chi connectivity index (χ0n) is 7.68. The molecule has 0 spiro atoms. The van der Waals surface area contributed by atoms with Crippen molar-refractivity contribution in [1.29, 1.82) is 0 Å². The van der Waals surface area contributed by atoms with E-state index in [9.17, 15) is 4.79 Å². The van der Waals surface area contributed by atoms with E-state index in [2.05, 4.69) is 26.2 Å². The first-order chi connectivity index (χ1) is 4.88. The van der Waals surface area contributed by atoms with Crippen LogP contribution >= 0.6 is 0 Å². The second kappa shape index (κ2) is 3.71. The topological polar surface area (TPSA) is 26.3 Å². The summed E-state index contributed by atoms with van der Waals surface area (Å²) in [5, 5.41) is 0. The SMILES string of the molecule is C=C[C@@H](OC(C)=O)[Si](C)(C)C. The van der Waals surface area contributed by atoms with Gasteiger partial charge in [0.25, 0.3) is 0 Å². The smallest absolute Gasteiger partial charge is 0.302 e. The van der Waals surface area contributed by atoms with Gasteiger partial charge in [-0.25, -0.2) is 0 Å². The van der Waals surface area contributed by atoms with Gasteiger partial charge in [0.1, 0.15) is 5.73 Å². The summed E-state index contributed by atoms with van der Waals surface area (Å²) in [5.41, 5.74) is -0.0556. The van der Waals surface area contributed by atoms with Gasteiger partial charge in [0, 0.05) is 6.92 Å². The fraction of sp³-hybridized carbons (Fsp3) is 0.625. The van der Waals surface area contributed by atoms with Crippen LogP contribution in [0.5, 0.6) is 0 Å². The fourth-order valence-electron chi connectivity index (χ4n) is 0.757. The third kappa shape index (κ3) is 3.98. The lowest BCUT2D eigenvalue weighted by Crippen LogP contribution is -2.39. The molecule has 0 aliphatic heterocycles. The fourth-order valence-corrected chi connectivity index (χ4v) is 1.98. The van der Waals surface area contributed by atoms with E-state index in [0.29, 0.717) is 0 Å². The number of ether oxygens (including phenoxy) is 1. The first-order valence-electron chi connectivity index (χ1n) is 3.67. The molecule has 0 aromatic carbocycles. The Labute approximate surface area is 69.3 Å². The number of carbonyl (C=O) groups is 1. The van der Waals surface area contributed by atoms with Crippen molar-refractivity contribution >= 4 is 14.0 Å². The minimum Gasteiger partial charge on any atom is -0.462 e. The zero-order valence-corrected chi connectivity index (χ0v) is 8.68. The maximum atomic E-state index is 10.6. The van der Waals surface area contributed by atoms with Gasteiger partial charge in [0.2, 0.25) is 0 Å². The van der Waals surface area contributed by atoms with E-state index in [4.69, 9.17) is 4.74 Å². The quantitative estimate of drug-likeness (QED) is 0.370. The van der Waals surface area contributed by atoms with Crippen molar-refractivity contribution in [2.75, 3.05) is 0 Å². The highest BCUT2D eigenvalue weighted by Crippen LogP contribution is 2.12. The molecule has 0 unspecified atom stereocenters. The van der Waals surface area contributed by atoms with Crippen LogP contribution in [0, 0.1) is 0 Å². The number of esters is 1. The molecule has 0 amide bonds. The van der Waals surface area contributed by atoms with E-state index >= 15 is 0 Å². The molecule has 1 atom stereocenters. The Balaban J connectivity index is 4.18. The summed E-state index contributed by atoms with van der Waals surface area (Å²) < 4.78 is 5.07. The maximum absolute atomic E-state index is 10.6. The van der Waals surface area contributed by atoms with Crippen molar-refractivity contribution in [1.82, 2.24) is 0 Å². The summed E-state index contributed by atoms with van der Waals surface area (Å²) in [7, 11) is -1.41. The van der Waals surface area contributed by atoms with Gasteiger partial charge < -0.3 is 4.74 Å². The molecular weight excluding hydrogens is 156 g/mol. The zero-order chi connectivity index (χ0) is 9.07. The predicted octanol–water partition coefficient (Wildman–Crippen LogP) is 1.98. The third-order valence-electron chi connectivity index (χ3n) is 1.36. The van der Waals surface area contributed by atoms with Crippen molar-refractivity contribution in [3.8, 4) is 0 Å². The monoisotopic (exact) mass is 172 g/mol. The van der Waals surface area contributed by atoms with Crippen LogP contribution in [-0.2, 0) is 9.53 Å². The minimum atomic E-state index is -1.41. The van der Waals surface area contributed by atoms with E-state index in [1.54, 1.807) is 6.08 Å². The lowest BCUT2D eigenvalue weighted by Gasteiger charge is -2.24. The second-order valence-corrected chi connectivity index (χ2v) is 8.93. The lowest BCUT2D eigenvalue weighted by molar-refractivity contribution is -0.141. The first kappa shape index (κ1) is 10.4. The van der Waals surface area contributed by atoms with Gasteiger partial charge in [-0.1, -0.05) is 32.3 Å². The summed E-state index contributed by atoms with van der Waals surface area (Å²) >= 11 is 0. The van der Waals surface area contributed by atoms with Crippen LogP contribution in [0.15, 0.2) is 12.7 Å².